The summed E-state index contributed by atoms with van der Waals surface area (Å²) in [4.78, 5) is 18.4. The smallest absolute Gasteiger partial charge is 0.337 e. The van der Waals surface area contributed by atoms with E-state index in [0.717, 1.165) is 11.1 Å². The minimum absolute atomic E-state index is 0.258. The van der Waals surface area contributed by atoms with Crippen LogP contribution in [0, 0.1) is 0 Å². The topological polar surface area (TPSA) is 75.7 Å². The lowest BCUT2D eigenvalue weighted by Gasteiger charge is -2.32. The van der Waals surface area contributed by atoms with Crippen LogP contribution in [0.1, 0.15) is 31.4 Å². The van der Waals surface area contributed by atoms with E-state index < -0.39 is 36.4 Å². The fourth-order valence-electron chi connectivity index (χ4n) is 4.88. The van der Waals surface area contributed by atoms with Crippen molar-refractivity contribution >= 4 is 5.97 Å². The number of nitrogens with zero attached hydrogens (tertiary/aromatic N) is 1. The lowest BCUT2D eigenvalue weighted by Crippen LogP contribution is -2.47. The average molecular weight is 470 g/mol. The Morgan fingerprint density at radius 3 is 2.35 bits per heavy atom. The Balaban J connectivity index is 1.39. The Morgan fingerprint density at radius 1 is 1.00 bits per heavy atom. The highest BCUT2D eigenvalue weighted by molar-refractivity contribution is 5.74. The molecular weight excluding hydrogens is 438 g/mol. The van der Waals surface area contributed by atoms with E-state index in [-0.39, 0.29) is 12.1 Å². The number of esters is 1. The lowest BCUT2D eigenvalue weighted by atomic mass is 9.98. The highest BCUT2D eigenvalue weighted by Gasteiger charge is 2.59. The molecule has 8 heteroatoms. The monoisotopic (exact) mass is 469 g/mol. The highest BCUT2D eigenvalue weighted by Crippen LogP contribution is 2.43. The van der Waals surface area contributed by atoms with Crippen molar-refractivity contribution in [1.29, 1.82) is 0 Å². The molecule has 0 radical (unpaired) electrons. The molecule has 0 aromatic heterocycles. The zero-order valence-corrected chi connectivity index (χ0v) is 19.7. The molecule has 2 aromatic rings. The van der Waals surface area contributed by atoms with Gasteiger partial charge >= 0.3 is 5.97 Å². The molecule has 0 spiro atoms. The number of carbonyl (C=O) groups excluding carboxylic acids is 1. The minimum atomic E-state index is -0.765. The molecule has 0 N–H and O–H groups in total. The molecule has 2 aromatic carbocycles. The Bertz CT molecular complexity index is 970. The van der Waals surface area contributed by atoms with Crippen LogP contribution in [0.5, 0.6) is 0 Å². The van der Waals surface area contributed by atoms with Crippen molar-refractivity contribution in [2.75, 3.05) is 7.11 Å². The standard InChI is InChI=1S/C26H31NO7/c1-26(2)32-23-22(30-16-18-12-8-5-9-13-18)21(31-25(23)33-26)19-14-20(24(28)29-3)34-27(19)15-17-10-6-4-7-11-17/h4-13,19-23,25H,14-16H2,1-3H3/t19-,20-,21+,22+,23+,25+/m0/s1. The van der Waals surface area contributed by atoms with Crippen molar-refractivity contribution in [2.24, 2.45) is 0 Å². The first kappa shape index (κ1) is 23.4. The number of methoxy groups -OCH3 is 1. The third-order valence-electron chi connectivity index (χ3n) is 6.42. The van der Waals surface area contributed by atoms with Gasteiger partial charge in [-0.2, -0.15) is 5.06 Å². The molecular formula is C26H31NO7. The summed E-state index contributed by atoms with van der Waals surface area (Å²) in [6, 6.07) is 19.7. The Hall–Kier alpha value is -2.33. The van der Waals surface area contributed by atoms with E-state index in [9.17, 15) is 4.79 Å². The highest BCUT2D eigenvalue weighted by atomic mass is 16.8. The van der Waals surface area contributed by atoms with Crippen LogP contribution in [0.25, 0.3) is 0 Å². The number of hydrogen-bond donors (Lipinski definition) is 0. The molecule has 0 bridgehead atoms. The number of ether oxygens (including phenoxy) is 5. The second-order valence-corrected chi connectivity index (χ2v) is 9.31. The maximum atomic E-state index is 12.4. The largest absolute Gasteiger partial charge is 0.467 e. The van der Waals surface area contributed by atoms with E-state index in [2.05, 4.69) is 0 Å². The van der Waals surface area contributed by atoms with Gasteiger partial charge in [0.15, 0.2) is 18.2 Å². The number of benzene rings is 2. The molecule has 3 aliphatic rings. The molecule has 3 heterocycles. The van der Waals surface area contributed by atoms with Crippen molar-refractivity contribution < 1.29 is 33.3 Å². The molecule has 182 valence electrons. The quantitative estimate of drug-likeness (QED) is 0.573. The van der Waals surface area contributed by atoms with Gasteiger partial charge in [-0.1, -0.05) is 60.7 Å². The SMILES string of the molecule is COC(=O)[C@@H]1C[C@@H]([C@H]2O[C@@H]3OC(C)(C)O[C@@H]3[C@@H]2OCc2ccccc2)N(Cc2ccccc2)O1. The normalized spacial score (nSPS) is 32.6. The molecule has 8 nitrogen and oxygen atoms in total. The fraction of sp³-hybridized carbons (Fsp3) is 0.500. The van der Waals surface area contributed by atoms with E-state index in [4.69, 9.17) is 28.5 Å². The molecule has 0 unspecified atom stereocenters. The van der Waals surface area contributed by atoms with Gasteiger partial charge in [0, 0.05) is 13.0 Å². The Morgan fingerprint density at radius 2 is 1.68 bits per heavy atom. The lowest BCUT2D eigenvalue weighted by molar-refractivity contribution is -0.242. The summed E-state index contributed by atoms with van der Waals surface area (Å²) in [5.41, 5.74) is 2.12. The van der Waals surface area contributed by atoms with Crippen LogP contribution in [0.2, 0.25) is 0 Å². The second kappa shape index (κ2) is 9.73. The van der Waals surface area contributed by atoms with E-state index in [0.29, 0.717) is 19.6 Å². The summed E-state index contributed by atoms with van der Waals surface area (Å²) in [5, 5.41) is 1.81. The molecule has 5 rings (SSSR count). The first-order valence-corrected chi connectivity index (χ1v) is 11.7. The summed E-state index contributed by atoms with van der Waals surface area (Å²) in [5.74, 6) is -1.17. The zero-order valence-electron chi connectivity index (χ0n) is 19.7. The summed E-state index contributed by atoms with van der Waals surface area (Å²) in [7, 11) is 1.37. The van der Waals surface area contributed by atoms with Gasteiger partial charge in [0.05, 0.1) is 19.8 Å². The molecule has 0 amide bonds. The van der Waals surface area contributed by atoms with Gasteiger partial charge in [-0.05, 0) is 25.0 Å². The number of fused-ring (bicyclic) bond motifs is 1. The van der Waals surface area contributed by atoms with Gasteiger partial charge in [-0.25, -0.2) is 4.79 Å². The number of hydroxylamine groups is 2. The molecule has 3 aliphatic heterocycles. The van der Waals surface area contributed by atoms with Gasteiger partial charge in [0.25, 0.3) is 0 Å². The van der Waals surface area contributed by atoms with Gasteiger partial charge in [-0.15, -0.1) is 0 Å². The summed E-state index contributed by atoms with van der Waals surface area (Å²) in [6.45, 7) is 4.63. The maximum Gasteiger partial charge on any atom is 0.337 e. The van der Waals surface area contributed by atoms with Crippen molar-refractivity contribution in [3.05, 3.63) is 71.8 Å². The summed E-state index contributed by atoms with van der Waals surface area (Å²) >= 11 is 0. The maximum absolute atomic E-state index is 12.4. The van der Waals surface area contributed by atoms with Gasteiger partial charge in [0.1, 0.15) is 18.3 Å². The van der Waals surface area contributed by atoms with Crippen LogP contribution in [-0.4, -0.2) is 60.7 Å². The average Bonchev–Trinajstić information content (AvgIpc) is 3.48. The fourth-order valence-corrected chi connectivity index (χ4v) is 4.88. The van der Waals surface area contributed by atoms with Crippen LogP contribution in [0.4, 0.5) is 0 Å². The van der Waals surface area contributed by atoms with E-state index >= 15 is 0 Å². The minimum Gasteiger partial charge on any atom is -0.467 e. The molecule has 3 fully saturated rings. The molecule has 0 aliphatic carbocycles. The molecule has 6 atom stereocenters. The molecule has 3 saturated heterocycles. The van der Waals surface area contributed by atoms with Crippen LogP contribution >= 0.6 is 0 Å². The first-order chi connectivity index (χ1) is 16.4. The number of carbonyl (C=O) groups is 1. The van der Waals surface area contributed by atoms with Crippen LogP contribution in [0.3, 0.4) is 0 Å². The Labute approximate surface area is 199 Å². The Kier molecular flexibility index (Phi) is 6.70. The third-order valence-corrected chi connectivity index (χ3v) is 6.42. The van der Waals surface area contributed by atoms with Crippen molar-refractivity contribution in [1.82, 2.24) is 5.06 Å². The van der Waals surface area contributed by atoms with Crippen LogP contribution in [-0.2, 0) is 46.5 Å². The van der Waals surface area contributed by atoms with Crippen molar-refractivity contribution in [3.63, 3.8) is 0 Å². The zero-order chi connectivity index (χ0) is 23.7. The van der Waals surface area contributed by atoms with E-state index in [1.165, 1.54) is 7.11 Å². The van der Waals surface area contributed by atoms with Crippen molar-refractivity contribution in [2.45, 2.75) is 76.0 Å². The van der Waals surface area contributed by atoms with E-state index in [1.54, 1.807) is 0 Å². The van der Waals surface area contributed by atoms with Crippen LogP contribution in [0.15, 0.2) is 60.7 Å². The van der Waals surface area contributed by atoms with Crippen molar-refractivity contribution in [3.8, 4) is 0 Å². The van der Waals surface area contributed by atoms with Gasteiger partial charge < -0.3 is 23.7 Å². The van der Waals surface area contributed by atoms with E-state index in [1.807, 2.05) is 79.6 Å². The second-order valence-electron chi connectivity index (χ2n) is 9.31. The number of rotatable bonds is 7. The first-order valence-electron chi connectivity index (χ1n) is 11.7. The van der Waals surface area contributed by atoms with Gasteiger partial charge in [-0.3, -0.25) is 4.84 Å². The number of hydrogen-bond acceptors (Lipinski definition) is 8. The summed E-state index contributed by atoms with van der Waals surface area (Å²) < 4.78 is 30.0. The third kappa shape index (κ3) is 4.88. The molecule has 34 heavy (non-hydrogen) atoms. The molecule has 0 saturated carbocycles. The van der Waals surface area contributed by atoms with Gasteiger partial charge in [0.2, 0.25) is 0 Å². The van der Waals surface area contributed by atoms with Crippen LogP contribution < -0.4 is 0 Å². The summed E-state index contributed by atoms with van der Waals surface area (Å²) in [6.07, 6.45) is -2.08. The predicted molar refractivity (Wildman–Crippen MR) is 121 cm³/mol. The predicted octanol–water partition coefficient (Wildman–Crippen LogP) is 3.20.